The molecule has 0 aromatic heterocycles. The molecular weight excluding hydrogens is 376 g/mol. The zero-order valence-corrected chi connectivity index (χ0v) is 16.0. The molecule has 0 spiro atoms. The van der Waals surface area contributed by atoms with E-state index in [0.717, 1.165) is 45.5 Å². The van der Waals surface area contributed by atoms with Crippen molar-refractivity contribution >= 4 is 33.1 Å². The van der Waals surface area contributed by atoms with E-state index in [1.165, 1.54) is 11.1 Å². The van der Waals surface area contributed by atoms with Crippen LogP contribution in [0.4, 0.5) is 11.4 Å². The van der Waals surface area contributed by atoms with Crippen molar-refractivity contribution < 1.29 is 4.79 Å². The first-order valence-electron chi connectivity index (χ1n) is 8.69. The maximum Gasteiger partial charge on any atom is 0.163 e. The van der Waals surface area contributed by atoms with Gasteiger partial charge < -0.3 is 10.6 Å². The van der Waals surface area contributed by atoms with Crippen molar-refractivity contribution in [1.82, 2.24) is 0 Å². The van der Waals surface area contributed by atoms with E-state index < -0.39 is 0 Å². The number of Topliss-reactive ketones (excluding diaryl/α,β-unsaturated/α-hetero) is 1. The number of allylic oxidation sites excluding steroid dienone is 1. The quantitative estimate of drug-likeness (QED) is 0.653. The average molecular weight is 397 g/mol. The van der Waals surface area contributed by atoms with Crippen LogP contribution in [0.1, 0.15) is 42.0 Å². The van der Waals surface area contributed by atoms with Crippen LogP contribution in [-0.2, 0) is 4.79 Å². The van der Waals surface area contributed by atoms with Gasteiger partial charge in [0.2, 0.25) is 0 Å². The number of ketones is 1. The molecule has 1 aliphatic heterocycles. The summed E-state index contributed by atoms with van der Waals surface area (Å²) in [7, 11) is 0. The normalized spacial score (nSPS) is 19.5. The zero-order chi connectivity index (χ0) is 17.6. The Morgan fingerprint density at radius 2 is 1.80 bits per heavy atom. The molecule has 0 radical (unpaired) electrons. The maximum absolute atomic E-state index is 12.8. The smallest absolute Gasteiger partial charge is 0.163 e. The van der Waals surface area contributed by atoms with Gasteiger partial charge in [0, 0.05) is 22.2 Å². The van der Waals surface area contributed by atoms with Crippen molar-refractivity contribution in [2.75, 3.05) is 10.6 Å². The Morgan fingerprint density at radius 3 is 2.56 bits per heavy atom. The van der Waals surface area contributed by atoms with Crippen molar-refractivity contribution in [3.63, 3.8) is 0 Å². The molecule has 4 rings (SSSR count). The van der Waals surface area contributed by atoms with E-state index in [4.69, 9.17) is 0 Å². The van der Waals surface area contributed by atoms with Crippen LogP contribution in [0, 0.1) is 13.8 Å². The predicted molar refractivity (Wildman–Crippen MR) is 106 cm³/mol. The molecule has 2 aromatic carbocycles. The Labute approximate surface area is 156 Å². The highest BCUT2D eigenvalue weighted by Gasteiger charge is 2.32. The number of nitrogens with one attached hydrogen (secondary N) is 2. The van der Waals surface area contributed by atoms with Crippen molar-refractivity contribution in [2.45, 2.75) is 39.2 Å². The molecule has 128 valence electrons. The standard InChI is InChI=1S/C21H21BrN2O/c1-12-9-17-18(10-13(12)2)24-21(14-5-3-6-15(22)11-14)20-16(23-17)7-4-8-19(20)25/h3,5-6,9-11,21,23-24H,4,7-8H2,1-2H3/t21-/m1/s1. The summed E-state index contributed by atoms with van der Waals surface area (Å²) in [6.07, 6.45) is 2.46. The summed E-state index contributed by atoms with van der Waals surface area (Å²) in [6.45, 7) is 4.24. The second-order valence-corrected chi connectivity index (χ2v) is 7.82. The van der Waals surface area contributed by atoms with Gasteiger partial charge in [-0.25, -0.2) is 0 Å². The molecule has 0 saturated heterocycles. The third-order valence-electron chi connectivity index (χ3n) is 5.15. The first kappa shape index (κ1) is 16.4. The molecule has 1 atom stereocenters. The third kappa shape index (κ3) is 2.99. The molecule has 3 nitrogen and oxygen atoms in total. The number of aryl methyl sites for hydroxylation is 2. The second kappa shape index (κ2) is 6.34. The molecule has 2 aromatic rings. The summed E-state index contributed by atoms with van der Waals surface area (Å²) in [6, 6.07) is 12.4. The van der Waals surface area contributed by atoms with Crippen molar-refractivity contribution in [2.24, 2.45) is 0 Å². The van der Waals surface area contributed by atoms with Crippen LogP contribution in [0.15, 0.2) is 52.1 Å². The fourth-order valence-corrected chi connectivity index (χ4v) is 4.11. The van der Waals surface area contributed by atoms with Gasteiger partial charge in [-0.15, -0.1) is 0 Å². The van der Waals surface area contributed by atoms with Gasteiger partial charge >= 0.3 is 0 Å². The fourth-order valence-electron chi connectivity index (χ4n) is 3.69. The number of benzene rings is 2. The highest BCUT2D eigenvalue weighted by Crippen LogP contribution is 2.41. The molecule has 0 amide bonds. The summed E-state index contributed by atoms with van der Waals surface area (Å²) >= 11 is 3.56. The van der Waals surface area contributed by atoms with E-state index in [1.807, 2.05) is 12.1 Å². The van der Waals surface area contributed by atoms with Crippen molar-refractivity contribution in [3.05, 3.63) is 68.8 Å². The van der Waals surface area contributed by atoms with Gasteiger partial charge in [0.15, 0.2) is 5.78 Å². The van der Waals surface area contributed by atoms with Gasteiger partial charge in [0.25, 0.3) is 0 Å². The van der Waals surface area contributed by atoms with Crippen LogP contribution in [-0.4, -0.2) is 5.78 Å². The van der Waals surface area contributed by atoms with Gasteiger partial charge in [-0.05, 0) is 67.6 Å². The van der Waals surface area contributed by atoms with E-state index in [9.17, 15) is 4.79 Å². The lowest BCUT2D eigenvalue weighted by atomic mass is 9.87. The lowest BCUT2D eigenvalue weighted by Crippen LogP contribution is -2.23. The number of carbonyl (C=O) groups is 1. The summed E-state index contributed by atoms with van der Waals surface area (Å²) in [4.78, 5) is 12.8. The van der Waals surface area contributed by atoms with Crippen molar-refractivity contribution in [1.29, 1.82) is 0 Å². The maximum atomic E-state index is 12.8. The van der Waals surface area contributed by atoms with Crippen LogP contribution >= 0.6 is 15.9 Å². The van der Waals surface area contributed by atoms with E-state index in [-0.39, 0.29) is 11.8 Å². The van der Waals surface area contributed by atoms with Crippen LogP contribution in [0.25, 0.3) is 0 Å². The summed E-state index contributed by atoms with van der Waals surface area (Å²) in [5.41, 5.74) is 7.65. The van der Waals surface area contributed by atoms with Gasteiger partial charge in [-0.2, -0.15) is 0 Å². The number of halogens is 1. The fraction of sp³-hybridized carbons (Fsp3) is 0.286. The molecule has 25 heavy (non-hydrogen) atoms. The van der Waals surface area contributed by atoms with Crippen molar-refractivity contribution in [3.8, 4) is 0 Å². The Morgan fingerprint density at radius 1 is 1.04 bits per heavy atom. The Kier molecular flexibility index (Phi) is 4.16. The minimum atomic E-state index is -0.129. The average Bonchev–Trinajstić information content (AvgIpc) is 2.73. The Hall–Kier alpha value is -2.07. The first-order valence-corrected chi connectivity index (χ1v) is 9.49. The molecule has 4 heteroatoms. The highest BCUT2D eigenvalue weighted by molar-refractivity contribution is 9.10. The lowest BCUT2D eigenvalue weighted by molar-refractivity contribution is -0.116. The highest BCUT2D eigenvalue weighted by atomic mass is 79.9. The molecular formula is C21H21BrN2O. The first-order chi connectivity index (χ1) is 12.0. The second-order valence-electron chi connectivity index (χ2n) is 6.91. The molecule has 0 unspecified atom stereocenters. The molecule has 0 saturated carbocycles. The molecule has 1 aliphatic carbocycles. The minimum absolute atomic E-state index is 0.129. The van der Waals surface area contributed by atoms with Crippen LogP contribution in [0.3, 0.4) is 0 Å². The van der Waals surface area contributed by atoms with E-state index in [0.29, 0.717) is 6.42 Å². The predicted octanol–water partition coefficient (Wildman–Crippen LogP) is 5.65. The molecule has 2 aliphatic rings. The molecule has 0 fully saturated rings. The van der Waals surface area contributed by atoms with E-state index >= 15 is 0 Å². The monoisotopic (exact) mass is 396 g/mol. The molecule has 2 N–H and O–H groups in total. The molecule has 0 bridgehead atoms. The van der Waals surface area contributed by atoms with Crippen LogP contribution in [0.2, 0.25) is 0 Å². The summed E-state index contributed by atoms with van der Waals surface area (Å²) < 4.78 is 1.02. The van der Waals surface area contributed by atoms with E-state index in [2.05, 4.69) is 64.7 Å². The number of rotatable bonds is 1. The van der Waals surface area contributed by atoms with Gasteiger partial charge in [-0.1, -0.05) is 28.1 Å². The Bertz CT molecular complexity index is 901. The largest absolute Gasteiger partial charge is 0.372 e. The third-order valence-corrected chi connectivity index (χ3v) is 5.64. The van der Waals surface area contributed by atoms with E-state index in [1.54, 1.807) is 0 Å². The summed E-state index contributed by atoms with van der Waals surface area (Å²) in [5.74, 6) is 0.243. The number of hydrogen-bond acceptors (Lipinski definition) is 3. The summed E-state index contributed by atoms with van der Waals surface area (Å²) in [5, 5.41) is 7.20. The lowest BCUT2D eigenvalue weighted by Gasteiger charge is -2.25. The minimum Gasteiger partial charge on any atom is -0.372 e. The van der Waals surface area contributed by atoms with Gasteiger partial charge in [0.1, 0.15) is 0 Å². The SMILES string of the molecule is Cc1cc2c(cc1C)N[C@H](c1cccc(Br)c1)C1=C(CCCC1=O)N2. The van der Waals surface area contributed by atoms with Gasteiger partial charge in [0.05, 0.1) is 17.4 Å². The number of carbonyl (C=O) groups excluding carboxylic acids is 1. The zero-order valence-electron chi connectivity index (χ0n) is 14.4. The Balaban J connectivity index is 1.90. The van der Waals surface area contributed by atoms with Crippen LogP contribution < -0.4 is 10.6 Å². The number of fused-ring (bicyclic) bond motifs is 1. The van der Waals surface area contributed by atoms with Crippen LogP contribution in [0.5, 0.6) is 0 Å². The number of hydrogen-bond donors (Lipinski definition) is 2. The topological polar surface area (TPSA) is 41.1 Å². The number of anilines is 2. The van der Waals surface area contributed by atoms with Gasteiger partial charge in [-0.3, -0.25) is 4.79 Å². The molecule has 1 heterocycles.